The van der Waals surface area contributed by atoms with Crippen molar-refractivity contribution >= 4 is 10.8 Å². The highest BCUT2D eigenvalue weighted by atomic mass is 19.2. The molecular formula is C20H18F2. The molecule has 0 heterocycles. The molecule has 0 radical (unpaired) electrons. The molecule has 0 bridgehead atoms. The third kappa shape index (κ3) is 3.01. The van der Waals surface area contributed by atoms with Crippen molar-refractivity contribution in [2.75, 3.05) is 0 Å². The molecule has 2 heteroatoms. The minimum absolute atomic E-state index is 0.691. The Kier molecular flexibility index (Phi) is 4.19. The summed E-state index contributed by atoms with van der Waals surface area (Å²) in [4.78, 5) is 0. The van der Waals surface area contributed by atoms with Crippen molar-refractivity contribution in [2.45, 2.75) is 26.2 Å². The van der Waals surface area contributed by atoms with Crippen LogP contribution in [0, 0.1) is 11.6 Å². The lowest BCUT2D eigenvalue weighted by atomic mass is 9.98. The van der Waals surface area contributed by atoms with Crippen LogP contribution in [0.4, 0.5) is 8.78 Å². The van der Waals surface area contributed by atoms with E-state index in [1.807, 2.05) is 18.2 Å². The van der Waals surface area contributed by atoms with Crippen LogP contribution >= 0.6 is 0 Å². The molecule has 0 amide bonds. The normalized spacial score (nSPS) is 11.0. The number of hydrogen-bond donors (Lipinski definition) is 0. The van der Waals surface area contributed by atoms with Crippen molar-refractivity contribution < 1.29 is 8.78 Å². The summed E-state index contributed by atoms with van der Waals surface area (Å²) in [5, 5.41) is 2.29. The van der Waals surface area contributed by atoms with E-state index in [2.05, 4.69) is 25.1 Å². The Labute approximate surface area is 129 Å². The molecule has 0 aromatic heterocycles. The number of aryl methyl sites for hydroxylation is 1. The monoisotopic (exact) mass is 296 g/mol. The Hall–Kier alpha value is -2.22. The zero-order valence-corrected chi connectivity index (χ0v) is 12.6. The molecule has 112 valence electrons. The SMILES string of the molecule is CCCCc1ccc2cc(-c3ccc(F)c(F)c3)ccc2c1. The summed E-state index contributed by atoms with van der Waals surface area (Å²) in [5.41, 5.74) is 2.93. The molecule has 22 heavy (non-hydrogen) atoms. The van der Waals surface area contributed by atoms with Crippen molar-refractivity contribution in [2.24, 2.45) is 0 Å². The van der Waals surface area contributed by atoms with Crippen LogP contribution in [0.15, 0.2) is 54.6 Å². The molecule has 3 aromatic rings. The number of rotatable bonds is 4. The molecule has 0 aliphatic heterocycles. The van der Waals surface area contributed by atoms with Gasteiger partial charge in [-0.3, -0.25) is 0 Å². The predicted molar refractivity (Wildman–Crippen MR) is 87.9 cm³/mol. The Morgan fingerprint density at radius 3 is 2.18 bits per heavy atom. The van der Waals surface area contributed by atoms with Gasteiger partial charge in [0.25, 0.3) is 0 Å². The maximum Gasteiger partial charge on any atom is 0.159 e. The molecule has 0 fully saturated rings. The topological polar surface area (TPSA) is 0 Å². The second kappa shape index (κ2) is 6.27. The van der Waals surface area contributed by atoms with Crippen molar-refractivity contribution in [1.82, 2.24) is 0 Å². The summed E-state index contributed by atoms with van der Waals surface area (Å²) in [6.45, 7) is 2.19. The Morgan fingerprint density at radius 2 is 1.41 bits per heavy atom. The van der Waals surface area contributed by atoms with Gasteiger partial charge in [-0.2, -0.15) is 0 Å². The smallest absolute Gasteiger partial charge is 0.159 e. The molecule has 0 nitrogen and oxygen atoms in total. The lowest BCUT2D eigenvalue weighted by molar-refractivity contribution is 0.509. The lowest BCUT2D eigenvalue weighted by Crippen LogP contribution is -1.87. The first-order valence-corrected chi connectivity index (χ1v) is 7.65. The predicted octanol–water partition coefficient (Wildman–Crippen LogP) is 6.13. The van der Waals surface area contributed by atoms with Crippen molar-refractivity contribution in [3.8, 4) is 11.1 Å². The maximum absolute atomic E-state index is 13.4. The maximum atomic E-state index is 13.4. The van der Waals surface area contributed by atoms with Crippen LogP contribution in [0.2, 0.25) is 0 Å². The molecule has 0 atom stereocenters. The van der Waals surface area contributed by atoms with E-state index >= 15 is 0 Å². The van der Waals surface area contributed by atoms with E-state index in [-0.39, 0.29) is 0 Å². The van der Waals surface area contributed by atoms with Gasteiger partial charge in [0, 0.05) is 0 Å². The van der Waals surface area contributed by atoms with Gasteiger partial charge in [0.1, 0.15) is 0 Å². The Balaban J connectivity index is 1.97. The van der Waals surface area contributed by atoms with E-state index < -0.39 is 11.6 Å². The molecule has 3 aromatic carbocycles. The Morgan fingerprint density at radius 1 is 0.727 bits per heavy atom. The molecule has 0 aliphatic rings. The van der Waals surface area contributed by atoms with Crippen molar-refractivity contribution in [1.29, 1.82) is 0 Å². The number of benzene rings is 3. The van der Waals surface area contributed by atoms with E-state index in [1.165, 1.54) is 35.9 Å². The van der Waals surface area contributed by atoms with Crippen LogP contribution in [-0.2, 0) is 6.42 Å². The minimum Gasteiger partial charge on any atom is -0.204 e. The van der Waals surface area contributed by atoms with Crippen LogP contribution in [0.1, 0.15) is 25.3 Å². The first-order chi connectivity index (χ1) is 10.7. The van der Waals surface area contributed by atoms with Crippen LogP contribution < -0.4 is 0 Å². The third-order valence-corrected chi connectivity index (χ3v) is 3.98. The summed E-state index contributed by atoms with van der Waals surface area (Å²) in [6.07, 6.45) is 3.48. The van der Waals surface area contributed by atoms with Crippen molar-refractivity contribution in [3.63, 3.8) is 0 Å². The minimum atomic E-state index is -0.815. The molecule has 0 saturated heterocycles. The van der Waals surface area contributed by atoms with Gasteiger partial charge >= 0.3 is 0 Å². The van der Waals surface area contributed by atoms with Gasteiger partial charge in [0.05, 0.1) is 0 Å². The summed E-state index contributed by atoms with van der Waals surface area (Å²) in [5.74, 6) is -1.63. The third-order valence-electron chi connectivity index (χ3n) is 3.98. The highest BCUT2D eigenvalue weighted by Gasteiger charge is 2.05. The van der Waals surface area contributed by atoms with Gasteiger partial charge in [-0.05, 0) is 58.5 Å². The van der Waals surface area contributed by atoms with Gasteiger partial charge in [-0.1, -0.05) is 49.7 Å². The molecule has 0 unspecified atom stereocenters. The largest absolute Gasteiger partial charge is 0.204 e. The number of fused-ring (bicyclic) bond motifs is 1. The van der Waals surface area contributed by atoms with E-state index in [4.69, 9.17) is 0 Å². The standard InChI is InChI=1S/C20H18F2/c1-2-3-4-14-5-6-16-12-17(8-7-15(16)11-14)18-9-10-19(21)20(22)13-18/h5-13H,2-4H2,1H3. The average Bonchev–Trinajstić information content (AvgIpc) is 2.55. The fourth-order valence-electron chi connectivity index (χ4n) is 2.69. The van der Waals surface area contributed by atoms with Gasteiger partial charge in [0.15, 0.2) is 11.6 Å². The van der Waals surface area contributed by atoms with Crippen LogP contribution in [0.5, 0.6) is 0 Å². The van der Waals surface area contributed by atoms with Gasteiger partial charge in [0.2, 0.25) is 0 Å². The number of halogens is 2. The highest BCUT2D eigenvalue weighted by Crippen LogP contribution is 2.26. The summed E-state index contributed by atoms with van der Waals surface area (Å²) in [7, 11) is 0. The van der Waals surface area contributed by atoms with Crippen LogP contribution in [0.25, 0.3) is 21.9 Å². The number of hydrogen-bond acceptors (Lipinski definition) is 0. The van der Waals surface area contributed by atoms with Crippen LogP contribution in [-0.4, -0.2) is 0 Å². The fraction of sp³-hybridized carbons (Fsp3) is 0.200. The summed E-state index contributed by atoms with van der Waals surface area (Å²) < 4.78 is 26.4. The van der Waals surface area contributed by atoms with Gasteiger partial charge in [-0.25, -0.2) is 8.78 Å². The summed E-state index contributed by atoms with van der Waals surface area (Å²) >= 11 is 0. The van der Waals surface area contributed by atoms with E-state index in [0.29, 0.717) is 5.56 Å². The second-order valence-corrected chi connectivity index (χ2v) is 5.63. The Bertz CT molecular complexity index is 806. The first kappa shape index (κ1) is 14.7. The quantitative estimate of drug-likeness (QED) is 0.543. The molecule has 0 saturated carbocycles. The lowest BCUT2D eigenvalue weighted by Gasteiger charge is -2.07. The average molecular weight is 296 g/mol. The first-order valence-electron chi connectivity index (χ1n) is 7.65. The van der Waals surface area contributed by atoms with Gasteiger partial charge < -0.3 is 0 Å². The molecule has 0 N–H and O–H groups in total. The highest BCUT2D eigenvalue weighted by molar-refractivity contribution is 5.87. The fourth-order valence-corrected chi connectivity index (χ4v) is 2.69. The zero-order chi connectivity index (χ0) is 15.5. The second-order valence-electron chi connectivity index (χ2n) is 5.63. The zero-order valence-electron chi connectivity index (χ0n) is 12.6. The van der Waals surface area contributed by atoms with E-state index in [0.717, 1.165) is 17.4 Å². The molecule has 0 spiro atoms. The van der Waals surface area contributed by atoms with E-state index in [1.54, 1.807) is 6.07 Å². The molecular weight excluding hydrogens is 278 g/mol. The van der Waals surface area contributed by atoms with Gasteiger partial charge in [-0.15, -0.1) is 0 Å². The van der Waals surface area contributed by atoms with E-state index in [9.17, 15) is 8.78 Å². The van der Waals surface area contributed by atoms with Crippen molar-refractivity contribution in [3.05, 3.63) is 71.8 Å². The molecule has 3 rings (SSSR count). The number of unbranched alkanes of at least 4 members (excludes halogenated alkanes) is 1. The summed E-state index contributed by atoms with van der Waals surface area (Å²) in [6, 6.07) is 16.5. The van der Waals surface area contributed by atoms with Crippen LogP contribution in [0.3, 0.4) is 0 Å². The molecule has 0 aliphatic carbocycles.